The fraction of sp³-hybridized carbons (Fsp3) is 0.583. The highest BCUT2D eigenvalue weighted by molar-refractivity contribution is 5.37. The maximum atomic E-state index is 5.89. The van der Waals surface area contributed by atoms with Gasteiger partial charge in [-0.15, -0.1) is 5.10 Å². The summed E-state index contributed by atoms with van der Waals surface area (Å²) < 4.78 is 3.76. The molecule has 0 atom stereocenters. The first-order valence-corrected chi connectivity index (χ1v) is 6.06. The molecule has 0 saturated heterocycles. The second-order valence-corrected chi connectivity index (χ2v) is 5.49. The quantitative estimate of drug-likeness (QED) is 0.883. The molecule has 6 nitrogen and oxygen atoms in total. The summed E-state index contributed by atoms with van der Waals surface area (Å²) in [5.74, 6) is 0.521. The van der Waals surface area contributed by atoms with Crippen LogP contribution in [0.1, 0.15) is 32.2 Å². The van der Waals surface area contributed by atoms with Crippen LogP contribution in [-0.2, 0) is 25.4 Å². The molecule has 6 heteroatoms. The normalized spacial score (nSPS) is 12.0. The summed E-state index contributed by atoms with van der Waals surface area (Å²) in [7, 11) is 1.94. The van der Waals surface area contributed by atoms with Crippen molar-refractivity contribution in [3.8, 4) is 0 Å². The van der Waals surface area contributed by atoms with Crippen LogP contribution in [-0.4, -0.2) is 24.8 Å². The van der Waals surface area contributed by atoms with E-state index in [0.29, 0.717) is 5.82 Å². The first-order chi connectivity index (χ1) is 8.39. The molecule has 0 radical (unpaired) electrons. The van der Waals surface area contributed by atoms with Crippen molar-refractivity contribution in [2.24, 2.45) is 7.05 Å². The lowest BCUT2D eigenvalue weighted by molar-refractivity contribution is 0.476. The van der Waals surface area contributed by atoms with E-state index in [4.69, 9.17) is 5.73 Å². The fourth-order valence-electron chi connectivity index (χ4n) is 2.12. The Morgan fingerprint density at radius 3 is 2.61 bits per heavy atom. The fourth-order valence-corrected chi connectivity index (χ4v) is 2.12. The number of anilines is 1. The van der Waals surface area contributed by atoms with Crippen molar-refractivity contribution < 1.29 is 0 Å². The smallest absolute Gasteiger partial charge is 0.169 e. The Labute approximate surface area is 107 Å². The molecule has 0 spiro atoms. The molecule has 0 saturated carbocycles. The second-order valence-electron chi connectivity index (χ2n) is 5.49. The zero-order valence-electron chi connectivity index (χ0n) is 11.4. The molecular weight excluding hydrogens is 228 g/mol. The van der Waals surface area contributed by atoms with Gasteiger partial charge in [0.1, 0.15) is 0 Å². The van der Waals surface area contributed by atoms with E-state index in [1.807, 2.05) is 22.5 Å². The van der Waals surface area contributed by atoms with Gasteiger partial charge in [0.15, 0.2) is 5.82 Å². The summed E-state index contributed by atoms with van der Waals surface area (Å²) in [6.07, 6.45) is 2.66. The Bertz CT molecular complexity index is 531. The van der Waals surface area contributed by atoms with Crippen LogP contribution in [0.15, 0.2) is 12.3 Å². The number of nitrogen functional groups attached to an aromatic ring is 1. The summed E-state index contributed by atoms with van der Waals surface area (Å²) in [5.41, 5.74) is 8.00. The lowest BCUT2D eigenvalue weighted by atomic mass is 9.92. The summed E-state index contributed by atoms with van der Waals surface area (Å²) in [6.45, 7) is 7.10. The number of hydrogen-bond donors (Lipinski definition) is 1. The van der Waals surface area contributed by atoms with E-state index in [0.717, 1.165) is 18.7 Å². The second kappa shape index (κ2) is 4.44. The highest BCUT2D eigenvalue weighted by Gasteiger charge is 2.23. The molecule has 0 aliphatic rings. The maximum Gasteiger partial charge on any atom is 0.169 e. The van der Waals surface area contributed by atoms with Gasteiger partial charge in [-0.3, -0.25) is 4.68 Å². The Balaban J connectivity index is 2.18. The predicted octanol–water partition coefficient (Wildman–Crippen LogP) is 1.13. The topological polar surface area (TPSA) is 74.5 Å². The third-order valence-electron chi connectivity index (χ3n) is 2.97. The Morgan fingerprint density at radius 1 is 1.33 bits per heavy atom. The average molecular weight is 248 g/mol. The van der Waals surface area contributed by atoms with Crippen LogP contribution in [0, 0.1) is 0 Å². The molecule has 2 heterocycles. The number of nitrogens with two attached hydrogens (primary N) is 1. The monoisotopic (exact) mass is 248 g/mol. The first-order valence-electron chi connectivity index (χ1n) is 6.06. The van der Waals surface area contributed by atoms with Gasteiger partial charge in [-0.2, -0.15) is 5.10 Å². The molecule has 0 amide bonds. The van der Waals surface area contributed by atoms with Crippen molar-refractivity contribution in [1.82, 2.24) is 24.8 Å². The van der Waals surface area contributed by atoms with E-state index in [1.54, 1.807) is 6.20 Å². The van der Waals surface area contributed by atoms with Crippen LogP contribution in [0.25, 0.3) is 0 Å². The van der Waals surface area contributed by atoms with Crippen LogP contribution >= 0.6 is 0 Å². The maximum absolute atomic E-state index is 5.89. The van der Waals surface area contributed by atoms with Crippen molar-refractivity contribution in [3.63, 3.8) is 0 Å². The van der Waals surface area contributed by atoms with Crippen LogP contribution in [0.3, 0.4) is 0 Å². The standard InChI is InChI=1S/C12H20N6/c1-12(2,3)10-11(13)15-16-18(10)8-6-9-5-7-14-17(9)4/h5,7H,6,8,13H2,1-4H3. The highest BCUT2D eigenvalue weighted by Crippen LogP contribution is 2.25. The van der Waals surface area contributed by atoms with E-state index in [2.05, 4.69) is 36.2 Å². The zero-order chi connectivity index (χ0) is 13.3. The molecule has 18 heavy (non-hydrogen) atoms. The summed E-state index contributed by atoms with van der Waals surface area (Å²) >= 11 is 0. The number of aromatic nitrogens is 5. The third kappa shape index (κ3) is 2.37. The first kappa shape index (κ1) is 12.6. The van der Waals surface area contributed by atoms with Gasteiger partial charge in [0.05, 0.1) is 5.69 Å². The SMILES string of the molecule is Cn1nccc1CCn1nnc(N)c1C(C)(C)C. The molecule has 2 rings (SSSR count). The van der Waals surface area contributed by atoms with E-state index in [1.165, 1.54) is 5.69 Å². The van der Waals surface area contributed by atoms with Crippen molar-refractivity contribution in [2.75, 3.05) is 5.73 Å². The molecule has 0 bridgehead atoms. The minimum atomic E-state index is -0.0555. The molecule has 0 aliphatic carbocycles. The summed E-state index contributed by atoms with van der Waals surface area (Å²) in [6, 6.07) is 2.01. The van der Waals surface area contributed by atoms with E-state index >= 15 is 0 Å². The lowest BCUT2D eigenvalue weighted by Gasteiger charge is -2.20. The number of nitrogens with zero attached hydrogens (tertiary/aromatic N) is 5. The molecule has 0 aromatic carbocycles. The van der Waals surface area contributed by atoms with Gasteiger partial charge in [-0.1, -0.05) is 26.0 Å². The Morgan fingerprint density at radius 2 is 2.06 bits per heavy atom. The molecule has 0 unspecified atom stereocenters. The van der Waals surface area contributed by atoms with Gasteiger partial charge in [-0.05, 0) is 6.07 Å². The Hall–Kier alpha value is -1.85. The zero-order valence-corrected chi connectivity index (χ0v) is 11.4. The minimum Gasteiger partial charge on any atom is -0.381 e. The van der Waals surface area contributed by atoms with Gasteiger partial charge < -0.3 is 5.73 Å². The van der Waals surface area contributed by atoms with E-state index < -0.39 is 0 Å². The van der Waals surface area contributed by atoms with Crippen molar-refractivity contribution in [2.45, 2.75) is 39.2 Å². The summed E-state index contributed by atoms with van der Waals surface area (Å²) in [5, 5.41) is 12.2. The molecule has 2 N–H and O–H groups in total. The molecule has 2 aromatic rings. The van der Waals surface area contributed by atoms with Gasteiger partial charge >= 0.3 is 0 Å². The molecule has 0 fully saturated rings. The van der Waals surface area contributed by atoms with E-state index in [-0.39, 0.29) is 5.41 Å². The van der Waals surface area contributed by atoms with Crippen molar-refractivity contribution in [1.29, 1.82) is 0 Å². The van der Waals surface area contributed by atoms with Crippen molar-refractivity contribution >= 4 is 5.82 Å². The minimum absolute atomic E-state index is 0.0555. The Kier molecular flexibility index (Phi) is 3.11. The van der Waals surface area contributed by atoms with Crippen LogP contribution in [0.4, 0.5) is 5.82 Å². The summed E-state index contributed by atoms with van der Waals surface area (Å²) in [4.78, 5) is 0. The molecule has 98 valence electrons. The highest BCUT2D eigenvalue weighted by atomic mass is 15.4. The molecular formula is C12H20N6. The van der Waals surface area contributed by atoms with Crippen LogP contribution < -0.4 is 5.73 Å². The number of rotatable bonds is 3. The van der Waals surface area contributed by atoms with Gasteiger partial charge in [0.2, 0.25) is 0 Å². The van der Waals surface area contributed by atoms with Crippen LogP contribution in [0.5, 0.6) is 0 Å². The number of aryl methyl sites for hydroxylation is 3. The molecule has 0 aliphatic heterocycles. The van der Waals surface area contributed by atoms with Gasteiger partial charge in [0.25, 0.3) is 0 Å². The molecule has 2 aromatic heterocycles. The largest absolute Gasteiger partial charge is 0.381 e. The predicted molar refractivity (Wildman–Crippen MR) is 70.0 cm³/mol. The van der Waals surface area contributed by atoms with Crippen LogP contribution in [0.2, 0.25) is 0 Å². The lowest BCUT2D eigenvalue weighted by Crippen LogP contribution is -2.21. The van der Waals surface area contributed by atoms with E-state index in [9.17, 15) is 0 Å². The van der Waals surface area contributed by atoms with Gasteiger partial charge in [-0.25, -0.2) is 4.68 Å². The van der Waals surface area contributed by atoms with Crippen molar-refractivity contribution in [3.05, 3.63) is 23.7 Å². The van der Waals surface area contributed by atoms with Gasteiger partial charge in [0, 0.05) is 37.3 Å². The number of hydrogen-bond acceptors (Lipinski definition) is 4. The average Bonchev–Trinajstić information content (AvgIpc) is 2.81. The third-order valence-corrected chi connectivity index (χ3v) is 2.97.